The molecule has 0 saturated carbocycles. The Balaban J connectivity index is 1.94. The number of rotatable bonds is 5. The predicted octanol–water partition coefficient (Wildman–Crippen LogP) is 1.64. The lowest BCUT2D eigenvalue weighted by molar-refractivity contribution is -0.136. The maximum atomic E-state index is 11.9. The topological polar surface area (TPSA) is 83.4 Å². The molecule has 0 fully saturated rings. The molecule has 2 atom stereocenters. The van der Waals surface area contributed by atoms with Crippen LogP contribution in [-0.4, -0.2) is 34.1 Å². The average Bonchev–Trinajstić information content (AvgIpc) is 2.92. The molecule has 0 aliphatic heterocycles. The number of carbonyl (C=O) groups excluding carboxylic acids is 2. The van der Waals surface area contributed by atoms with E-state index in [0.29, 0.717) is 5.69 Å². The third-order valence-corrected chi connectivity index (χ3v) is 4.12. The van der Waals surface area contributed by atoms with Gasteiger partial charge >= 0.3 is 11.8 Å². The average molecular weight is 317 g/mol. The summed E-state index contributed by atoms with van der Waals surface area (Å²) >= 11 is 0. The fourth-order valence-corrected chi connectivity index (χ4v) is 2.28. The van der Waals surface area contributed by atoms with Crippen LogP contribution in [0, 0.1) is 5.92 Å². The van der Waals surface area contributed by atoms with Crippen LogP contribution in [0.25, 0.3) is 10.9 Å². The van der Waals surface area contributed by atoms with Crippen LogP contribution in [0.3, 0.4) is 0 Å². The lowest BCUT2D eigenvalue weighted by Crippen LogP contribution is -2.41. The first-order chi connectivity index (χ1) is 10.9. The molecule has 0 bridgehead atoms. The smallest absolute Gasteiger partial charge is 0.313 e. The minimum atomic E-state index is -0.751. The molecule has 0 aliphatic carbocycles. The number of aliphatic hydroxyl groups excluding tert-OH is 1. The van der Waals surface area contributed by atoms with Gasteiger partial charge in [-0.1, -0.05) is 26.3 Å². The largest absolute Gasteiger partial charge is 0.391 e. The number of fused-ring (bicyclic) bond motifs is 1. The Morgan fingerprint density at radius 2 is 2.00 bits per heavy atom. The highest BCUT2D eigenvalue weighted by Crippen LogP contribution is 2.19. The molecule has 2 rings (SSSR count). The third kappa shape index (κ3) is 4.10. The van der Waals surface area contributed by atoms with Gasteiger partial charge in [0, 0.05) is 31.0 Å². The number of anilines is 1. The number of nitrogens with one attached hydrogen (secondary N) is 2. The number of aryl methyl sites for hydroxylation is 1. The van der Waals surface area contributed by atoms with Crippen molar-refractivity contribution in [3.8, 4) is 0 Å². The summed E-state index contributed by atoms with van der Waals surface area (Å²) in [4.78, 5) is 23.7. The van der Waals surface area contributed by atoms with Crippen LogP contribution < -0.4 is 10.6 Å². The van der Waals surface area contributed by atoms with Crippen molar-refractivity contribution in [3.05, 3.63) is 30.5 Å². The van der Waals surface area contributed by atoms with Crippen LogP contribution in [0.5, 0.6) is 0 Å². The van der Waals surface area contributed by atoms with Gasteiger partial charge in [-0.15, -0.1) is 0 Å². The Morgan fingerprint density at radius 1 is 1.26 bits per heavy atom. The molecule has 0 aliphatic rings. The van der Waals surface area contributed by atoms with Gasteiger partial charge in [-0.2, -0.15) is 0 Å². The molecule has 124 valence electrons. The lowest BCUT2D eigenvalue weighted by Gasteiger charge is -2.17. The number of benzene rings is 1. The fraction of sp³-hybridized carbons (Fsp3) is 0.412. The van der Waals surface area contributed by atoms with Crippen molar-refractivity contribution >= 4 is 28.4 Å². The minimum absolute atomic E-state index is 0.0676. The van der Waals surface area contributed by atoms with Crippen molar-refractivity contribution in [2.75, 3.05) is 11.9 Å². The number of hydrogen-bond donors (Lipinski definition) is 3. The number of amides is 2. The number of aromatic nitrogens is 1. The maximum Gasteiger partial charge on any atom is 0.313 e. The highest BCUT2D eigenvalue weighted by atomic mass is 16.3. The van der Waals surface area contributed by atoms with Crippen molar-refractivity contribution in [1.29, 1.82) is 0 Å². The Labute approximate surface area is 135 Å². The highest BCUT2D eigenvalue weighted by molar-refractivity contribution is 6.39. The molecular weight excluding hydrogens is 294 g/mol. The van der Waals surface area contributed by atoms with Crippen molar-refractivity contribution in [2.24, 2.45) is 13.0 Å². The van der Waals surface area contributed by atoms with E-state index >= 15 is 0 Å². The molecule has 6 heteroatoms. The second kappa shape index (κ2) is 7.28. The van der Waals surface area contributed by atoms with Crippen LogP contribution in [-0.2, 0) is 16.6 Å². The van der Waals surface area contributed by atoms with Gasteiger partial charge in [0.25, 0.3) is 0 Å². The van der Waals surface area contributed by atoms with E-state index in [4.69, 9.17) is 0 Å². The summed E-state index contributed by atoms with van der Waals surface area (Å²) in [6, 6.07) is 7.43. The van der Waals surface area contributed by atoms with E-state index in [1.807, 2.05) is 49.9 Å². The fourth-order valence-electron chi connectivity index (χ4n) is 2.28. The molecule has 0 saturated heterocycles. The Bertz CT molecular complexity index is 708. The van der Waals surface area contributed by atoms with E-state index in [9.17, 15) is 14.7 Å². The number of hydrogen-bond acceptors (Lipinski definition) is 3. The van der Waals surface area contributed by atoms with Gasteiger partial charge in [0.15, 0.2) is 0 Å². The summed E-state index contributed by atoms with van der Waals surface area (Å²) < 4.78 is 1.94. The molecule has 1 heterocycles. The van der Waals surface area contributed by atoms with E-state index in [1.165, 1.54) is 0 Å². The van der Waals surface area contributed by atoms with Gasteiger partial charge in [-0.3, -0.25) is 9.59 Å². The summed E-state index contributed by atoms with van der Waals surface area (Å²) in [5.41, 5.74) is 1.53. The van der Waals surface area contributed by atoms with Crippen LogP contribution in [0.15, 0.2) is 30.5 Å². The van der Waals surface area contributed by atoms with E-state index in [1.54, 1.807) is 6.07 Å². The third-order valence-electron chi connectivity index (χ3n) is 4.12. The SMILES string of the molecule is CCC(C)C(O)CNC(=O)C(=O)Nc1ccc2ccn(C)c2c1. The molecule has 6 nitrogen and oxygen atoms in total. The van der Waals surface area contributed by atoms with Crippen LogP contribution in [0.1, 0.15) is 20.3 Å². The minimum Gasteiger partial charge on any atom is -0.391 e. The molecular formula is C17H23N3O3. The van der Waals surface area contributed by atoms with Crippen molar-refractivity contribution in [1.82, 2.24) is 9.88 Å². The highest BCUT2D eigenvalue weighted by Gasteiger charge is 2.17. The summed E-state index contributed by atoms with van der Waals surface area (Å²) in [5, 5.41) is 15.9. The van der Waals surface area contributed by atoms with Crippen molar-refractivity contribution in [3.63, 3.8) is 0 Å². The van der Waals surface area contributed by atoms with E-state index in [2.05, 4.69) is 10.6 Å². The number of nitrogens with zero attached hydrogens (tertiary/aromatic N) is 1. The first kappa shape index (κ1) is 17.0. The first-order valence-corrected chi connectivity index (χ1v) is 7.74. The normalized spacial score (nSPS) is 13.6. The van der Waals surface area contributed by atoms with Gasteiger partial charge in [0.05, 0.1) is 6.10 Å². The van der Waals surface area contributed by atoms with Crippen LogP contribution in [0.4, 0.5) is 5.69 Å². The molecule has 23 heavy (non-hydrogen) atoms. The molecule has 1 aromatic heterocycles. The molecule has 2 unspecified atom stereocenters. The second-order valence-corrected chi connectivity index (χ2v) is 5.82. The van der Waals surface area contributed by atoms with Crippen LogP contribution >= 0.6 is 0 Å². The van der Waals surface area contributed by atoms with Crippen molar-refractivity contribution < 1.29 is 14.7 Å². The molecule has 3 N–H and O–H groups in total. The van der Waals surface area contributed by atoms with Gasteiger partial charge < -0.3 is 20.3 Å². The summed E-state index contributed by atoms with van der Waals surface area (Å²) in [5.74, 6) is -1.42. The van der Waals surface area contributed by atoms with E-state index in [0.717, 1.165) is 17.3 Å². The monoisotopic (exact) mass is 317 g/mol. The number of carbonyl (C=O) groups is 2. The van der Waals surface area contributed by atoms with E-state index < -0.39 is 17.9 Å². The van der Waals surface area contributed by atoms with Crippen molar-refractivity contribution in [2.45, 2.75) is 26.4 Å². The predicted molar refractivity (Wildman–Crippen MR) is 90.0 cm³/mol. The Morgan fingerprint density at radius 3 is 2.70 bits per heavy atom. The zero-order chi connectivity index (χ0) is 17.0. The summed E-state index contributed by atoms with van der Waals surface area (Å²) in [6.07, 6.45) is 2.08. The van der Waals surface area contributed by atoms with E-state index in [-0.39, 0.29) is 12.5 Å². The summed E-state index contributed by atoms with van der Waals surface area (Å²) in [6.45, 7) is 3.92. The molecule has 0 spiro atoms. The molecule has 1 aromatic carbocycles. The first-order valence-electron chi connectivity index (χ1n) is 7.74. The van der Waals surface area contributed by atoms with Gasteiger partial charge in [-0.25, -0.2) is 0 Å². The number of aliphatic hydroxyl groups is 1. The standard InChI is InChI=1S/C17H23N3O3/c1-4-11(2)15(21)10-18-16(22)17(23)19-13-6-5-12-7-8-20(3)14(12)9-13/h5-9,11,15,21H,4,10H2,1-3H3,(H,18,22)(H,19,23). The maximum absolute atomic E-state index is 11.9. The summed E-state index contributed by atoms with van der Waals surface area (Å²) in [7, 11) is 1.91. The molecule has 2 aromatic rings. The van der Waals surface area contributed by atoms with Gasteiger partial charge in [0.1, 0.15) is 0 Å². The molecule has 0 radical (unpaired) electrons. The van der Waals surface area contributed by atoms with Gasteiger partial charge in [0.2, 0.25) is 0 Å². The zero-order valence-corrected chi connectivity index (χ0v) is 13.7. The second-order valence-electron chi connectivity index (χ2n) is 5.82. The Hall–Kier alpha value is -2.34. The zero-order valence-electron chi connectivity index (χ0n) is 13.7. The lowest BCUT2D eigenvalue weighted by atomic mass is 10.0. The van der Waals surface area contributed by atoms with Crippen LogP contribution in [0.2, 0.25) is 0 Å². The molecule has 2 amide bonds. The van der Waals surface area contributed by atoms with Gasteiger partial charge in [-0.05, 0) is 29.5 Å². The quantitative estimate of drug-likeness (QED) is 0.733. The Kier molecular flexibility index (Phi) is 5.39.